The lowest BCUT2D eigenvalue weighted by atomic mass is 10.1. The van der Waals surface area contributed by atoms with E-state index < -0.39 is 0 Å². The summed E-state index contributed by atoms with van der Waals surface area (Å²) in [6, 6.07) is 14.2. The number of fused-ring (bicyclic) bond motifs is 1. The van der Waals surface area contributed by atoms with Crippen LogP contribution in [0.1, 0.15) is 11.1 Å². The first-order chi connectivity index (χ1) is 8.65. The minimum atomic E-state index is 0.811. The van der Waals surface area contributed by atoms with Gasteiger partial charge in [-0.15, -0.1) is 0 Å². The van der Waals surface area contributed by atoms with Gasteiger partial charge >= 0.3 is 0 Å². The fourth-order valence-electron chi connectivity index (χ4n) is 2.18. The van der Waals surface area contributed by atoms with Crippen molar-refractivity contribution in [3.8, 4) is 11.3 Å². The van der Waals surface area contributed by atoms with Crippen LogP contribution < -0.4 is 5.73 Å². The van der Waals surface area contributed by atoms with Crippen molar-refractivity contribution in [2.45, 2.75) is 13.8 Å². The summed E-state index contributed by atoms with van der Waals surface area (Å²) in [4.78, 5) is 0. The highest BCUT2D eigenvalue weighted by Gasteiger charge is 2.08. The molecule has 18 heavy (non-hydrogen) atoms. The van der Waals surface area contributed by atoms with E-state index in [9.17, 15) is 0 Å². The average Bonchev–Trinajstić information content (AvgIpc) is 2.78. The van der Waals surface area contributed by atoms with Crippen LogP contribution in [0.5, 0.6) is 0 Å². The molecule has 0 saturated heterocycles. The number of aryl methyl sites for hydroxylation is 2. The molecule has 1 heterocycles. The first kappa shape index (κ1) is 10.9. The Labute approximate surface area is 106 Å². The van der Waals surface area contributed by atoms with E-state index in [-0.39, 0.29) is 0 Å². The van der Waals surface area contributed by atoms with Gasteiger partial charge < -0.3 is 10.2 Å². The van der Waals surface area contributed by atoms with Crippen molar-refractivity contribution in [3.05, 3.63) is 53.6 Å². The maximum atomic E-state index is 5.94. The maximum absolute atomic E-state index is 5.94. The van der Waals surface area contributed by atoms with Gasteiger partial charge in [-0.1, -0.05) is 18.2 Å². The smallest absolute Gasteiger partial charge is 0.137 e. The highest BCUT2D eigenvalue weighted by Crippen LogP contribution is 2.30. The van der Waals surface area contributed by atoms with E-state index in [4.69, 9.17) is 10.2 Å². The SMILES string of the molecule is Cc1cc(-c2cc3cccc(C)c3o2)ccc1N. The van der Waals surface area contributed by atoms with Crippen LogP contribution in [-0.2, 0) is 0 Å². The second-order valence-electron chi connectivity index (χ2n) is 4.68. The zero-order valence-electron chi connectivity index (χ0n) is 10.5. The summed E-state index contributed by atoms with van der Waals surface area (Å²) in [7, 11) is 0. The van der Waals surface area contributed by atoms with Crippen molar-refractivity contribution in [3.63, 3.8) is 0 Å². The molecule has 0 aliphatic carbocycles. The zero-order chi connectivity index (χ0) is 12.7. The van der Waals surface area contributed by atoms with Gasteiger partial charge in [-0.25, -0.2) is 0 Å². The molecule has 0 aliphatic heterocycles. The van der Waals surface area contributed by atoms with Gasteiger partial charge in [0, 0.05) is 16.6 Å². The second kappa shape index (κ2) is 3.91. The molecule has 3 aromatic rings. The number of hydrogen-bond acceptors (Lipinski definition) is 2. The fourth-order valence-corrected chi connectivity index (χ4v) is 2.18. The number of nitrogens with two attached hydrogens (primary N) is 1. The number of hydrogen-bond donors (Lipinski definition) is 1. The lowest BCUT2D eigenvalue weighted by Crippen LogP contribution is -1.88. The summed E-state index contributed by atoms with van der Waals surface area (Å²) in [5.74, 6) is 0.891. The molecule has 2 aromatic carbocycles. The third kappa shape index (κ3) is 1.66. The predicted octanol–water partition coefficient (Wildman–Crippen LogP) is 4.30. The molecule has 90 valence electrons. The topological polar surface area (TPSA) is 39.2 Å². The molecule has 0 saturated carbocycles. The molecule has 3 rings (SSSR count). The first-order valence-electron chi connectivity index (χ1n) is 6.01. The van der Waals surface area contributed by atoms with Gasteiger partial charge in [0.05, 0.1) is 0 Å². The monoisotopic (exact) mass is 237 g/mol. The van der Waals surface area contributed by atoms with Crippen molar-refractivity contribution in [1.29, 1.82) is 0 Å². The van der Waals surface area contributed by atoms with E-state index in [1.165, 1.54) is 0 Å². The Morgan fingerprint density at radius 3 is 2.50 bits per heavy atom. The minimum absolute atomic E-state index is 0.811. The molecule has 0 bridgehead atoms. The van der Waals surface area contributed by atoms with Crippen molar-refractivity contribution in [2.75, 3.05) is 5.73 Å². The molecule has 0 spiro atoms. The molecule has 0 unspecified atom stereocenters. The van der Waals surface area contributed by atoms with Crippen molar-refractivity contribution < 1.29 is 4.42 Å². The number of para-hydroxylation sites is 1. The highest BCUT2D eigenvalue weighted by atomic mass is 16.3. The largest absolute Gasteiger partial charge is 0.456 e. The molecule has 0 fully saturated rings. The predicted molar refractivity (Wildman–Crippen MR) is 75.5 cm³/mol. The number of nitrogen functional groups attached to an aromatic ring is 1. The van der Waals surface area contributed by atoms with Crippen LogP contribution in [0.4, 0.5) is 5.69 Å². The van der Waals surface area contributed by atoms with Crippen LogP contribution >= 0.6 is 0 Å². The molecule has 0 radical (unpaired) electrons. The van der Waals surface area contributed by atoms with Crippen molar-refractivity contribution in [2.24, 2.45) is 0 Å². The number of furan rings is 1. The number of rotatable bonds is 1. The number of anilines is 1. The Kier molecular flexibility index (Phi) is 2.37. The van der Waals surface area contributed by atoms with E-state index in [0.29, 0.717) is 0 Å². The summed E-state index contributed by atoms with van der Waals surface area (Å²) in [6.07, 6.45) is 0. The Morgan fingerprint density at radius 1 is 0.944 bits per heavy atom. The van der Waals surface area contributed by atoms with E-state index in [0.717, 1.165) is 39.1 Å². The average molecular weight is 237 g/mol. The Balaban J connectivity index is 2.19. The van der Waals surface area contributed by atoms with Gasteiger partial charge in [0.25, 0.3) is 0 Å². The van der Waals surface area contributed by atoms with Gasteiger partial charge in [-0.3, -0.25) is 0 Å². The summed E-state index contributed by atoms with van der Waals surface area (Å²) < 4.78 is 5.94. The first-order valence-corrected chi connectivity index (χ1v) is 6.01. The molecular weight excluding hydrogens is 222 g/mol. The van der Waals surface area contributed by atoms with Crippen LogP contribution in [0, 0.1) is 13.8 Å². The summed E-state index contributed by atoms with van der Waals surface area (Å²) >= 11 is 0. The molecule has 0 aliphatic rings. The molecule has 2 heteroatoms. The van der Waals surface area contributed by atoms with Gasteiger partial charge in [-0.2, -0.15) is 0 Å². The highest BCUT2D eigenvalue weighted by molar-refractivity contribution is 5.85. The maximum Gasteiger partial charge on any atom is 0.137 e. The van der Waals surface area contributed by atoms with Gasteiger partial charge in [0.1, 0.15) is 11.3 Å². The van der Waals surface area contributed by atoms with Gasteiger partial charge in [0.15, 0.2) is 0 Å². The third-order valence-corrected chi connectivity index (χ3v) is 3.30. The molecule has 0 amide bonds. The molecule has 2 N–H and O–H groups in total. The summed E-state index contributed by atoms with van der Waals surface area (Å²) in [5, 5.41) is 1.14. The van der Waals surface area contributed by atoms with Crippen LogP contribution in [0.3, 0.4) is 0 Å². The van der Waals surface area contributed by atoms with E-state index in [2.05, 4.69) is 31.2 Å². The third-order valence-electron chi connectivity index (χ3n) is 3.30. The molecular formula is C16H15NO. The van der Waals surface area contributed by atoms with Crippen molar-refractivity contribution in [1.82, 2.24) is 0 Å². The summed E-state index contributed by atoms with van der Waals surface area (Å²) in [6.45, 7) is 4.07. The van der Waals surface area contributed by atoms with E-state index >= 15 is 0 Å². The Bertz CT molecular complexity index is 725. The lowest BCUT2D eigenvalue weighted by molar-refractivity contribution is 0.629. The van der Waals surface area contributed by atoms with E-state index in [1.807, 2.05) is 25.1 Å². The normalized spacial score (nSPS) is 11.0. The van der Waals surface area contributed by atoms with Crippen molar-refractivity contribution >= 4 is 16.7 Å². The number of benzene rings is 2. The Hall–Kier alpha value is -2.22. The van der Waals surface area contributed by atoms with E-state index in [1.54, 1.807) is 0 Å². The van der Waals surface area contributed by atoms with Gasteiger partial charge in [0.2, 0.25) is 0 Å². The van der Waals surface area contributed by atoms with Crippen LogP contribution in [0.2, 0.25) is 0 Å². The van der Waals surface area contributed by atoms with Crippen LogP contribution in [0.15, 0.2) is 46.9 Å². The zero-order valence-corrected chi connectivity index (χ0v) is 10.5. The standard InChI is InChI=1S/C16H15NO/c1-10-4-3-5-13-9-15(18-16(10)13)12-6-7-14(17)11(2)8-12/h3-9H,17H2,1-2H3. The summed E-state index contributed by atoms with van der Waals surface area (Å²) in [5.41, 5.74) is 10.9. The van der Waals surface area contributed by atoms with Crippen LogP contribution in [0.25, 0.3) is 22.3 Å². The molecule has 0 atom stereocenters. The fraction of sp³-hybridized carbons (Fsp3) is 0.125. The lowest BCUT2D eigenvalue weighted by Gasteiger charge is -2.02. The second-order valence-corrected chi connectivity index (χ2v) is 4.68. The quantitative estimate of drug-likeness (QED) is 0.641. The molecule has 1 aromatic heterocycles. The minimum Gasteiger partial charge on any atom is -0.456 e. The molecule has 2 nitrogen and oxygen atoms in total. The van der Waals surface area contributed by atoms with Gasteiger partial charge in [-0.05, 0) is 49.2 Å². The Morgan fingerprint density at radius 2 is 1.78 bits per heavy atom. The van der Waals surface area contributed by atoms with Crippen LogP contribution in [-0.4, -0.2) is 0 Å².